The summed E-state index contributed by atoms with van der Waals surface area (Å²) in [5.74, 6) is 0.366. The van der Waals surface area contributed by atoms with E-state index < -0.39 is 0 Å². The number of carbonyl (C=O) groups is 2. The molecule has 1 heterocycles. The molecule has 27 heavy (non-hydrogen) atoms. The molecule has 0 aliphatic heterocycles. The molecule has 0 saturated carbocycles. The summed E-state index contributed by atoms with van der Waals surface area (Å²) in [4.78, 5) is 24.6. The first-order chi connectivity index (χ1) is 13.1. The van der Waals surface area contributed by atoms with Crippen LogP contribution in [0, 0.1) is 0 Å². The van der Waals surface area contributed by atoms with Crippen molar-refractivity contribution >= 4 is 50.7 Å². The van der Waals surface area contributed by atoms with Gasteiger partial charge in [0.05, 0.1) is 4.88 Å². The zero-order chi connectivity index (χ0) is 19.1. The first-order valence-corrected chi connectivity index (χ1v) is 9.81. The Morgan fingerprint density at radius 1 is 1.04 bits per heavy atom. The van der Waals surface area contributed by atoms with E-state index in [1.165, 1.54) is 11.3 Å². The van der Waals surface area contributed by atoms with E-state index in [2.05, 4.69) is 21.2 Å². The predicted molar refractivity (Wildman–Crippen MR) is 112 cm³/mol. The highest BCUT2D eigenvalue weighted by Crippen LogP contribution is 2.16. The first-order valence-electron chi connectivity index (χ1n) is 8.14. The Morgan fingerprint density at radius 3 is 2.44 bits per heavy atom. The van der Waals surface area contributed by atoms with E-state index in [1.54, 1.807) is 42.5 Å². The van der Waals surface area contributed by atoms with Crippen LogP contribution < -0.4 is 10.1 Å². The molecule has 4 nitrogen and oxygen atoms in total. The van der Waals surface area contributed by atoms with Crippen LogP contribution in [0.1, 0.15) is 15.2 Å². The van der Waals surface area contributed by atoms with Crippen molar-refractivity contribution in [3.05, 3.63) is 87.0 Å². The van der Waals surface area contributed by atoms with Crippen molar-refractivity contribution in [3.8, 4) is 5.75 Å². The van der Waals surface area contributed by atoms with Gasteiger partial charge in [-0.2, -0.15) is 0 Å². The molecule has 0 aliphatic carbocycles. The van der Waals surface area contributed by atoms with Crippen LogP contribution in [0.4, 0.5) is 5.69 Å². The number of allylic oxidation sites excluding steroid dienone is 1. The van der Waals surface area contributed by atoms with E-state index in [0.717, 1.165) is 10.0 Å². The van der Waals surface area contributed by atoms with Gasteiger partial charge in [-0.1, -0.05) is 40.2 Å². The molecule has 0 atom stereocenters. The fraction of sp³-hybridized carbons (Fsp3) is 0.0476. The number of ketones is 1. The molecule has 6 heteroatoms. The number of rotatable bonds is 7. The third-order valence-electron chi connectivity index (χ3n) is 3.57. The summed E-state index contributed by atoms with van der Waals surface area (Å²) < 4.78 is 6.39. The number of carbonyl (C=O) groups excluding carboxylic acids is 2. The number of hydrogen-bond donors (Lipinski definition) is 1. The average Bonchev–Trinajstić information content (AvgIpc) is 3.22. The number of nitrogens with one attached hydrogen (secondary N) is 1. The minimum Gasteiger partial charge on any atom is -0.484 e. The number of halogens is 1. The van der Waals surface area contributed by atoms with Crippen molar-refractivity contribution < 1.29 is 14.3 Å². The van der Waals surface area contributed by atoms with Gasteiger partial charge in [0.2, 0.25) is 0 Å². The van der Waals surface area contributed by atoms with Crippen molar-refractivity contribution in [1.29, 1.82) is 0 Å². The Labute approximate surface area is 169 Å². The number of benzene rings is 2. The molecule has 136 valence electrons. The molecule has 0 aliphatic rings. The maximum absolute atomic E-state index is 12.0. The van der Waals surface area contributed by atoms with Gasteiger partial charge in [0.15, 0.2) is 12.4 Å². The Balaban J connectivity index is 1.50. The Kier molecular flexibility index (Phi) is 6.57. The van der Waals surface area contributed by atoms with Crippen LogP contribution in [0.25, 0.3) is 6.08 Å². The summed E-state index contributed by atoms with van der Waals surface area (Å²) in [5, 5.41) is 4.65. The number of thiophene rings is 1. The monoisotopic (exact) mass is 441 g/mol. The summed E-state index contributed by atoms with van der Waals surface area (Å²) in [6, 6.07) is 18.2. The number of anilines is 1. The second-order valence-electron chi connectivity index (χ2n) is 5.59. The number of hydrogen-bond acceptors (Lipinski definition) is 4. The number of amides is 1. The van der Waals surface area contributed by atoms with Crippen molar-refractivity contribution in [2.75, 3.05) is 11.9 Å². The lowest BCUT2D eigenvalue weighted by Crippen LogP contribution is -2.20. The van der Waals surface area contributed by atoms with Crippen molar-refractivity contribution in [1.82, 2.24) is 0 Å². The van der Waals surface area contributed by atoms with E-state index in [9.17, 15) is 9.59 Å². The van der Waals surface area contributed by atoms with Gasteiger partial charge in [0.25, 0.3) is 5.91 Å². The molecule has 0 radical (unpaired) electrons. The fourth-order valence-electron chi connectivity index (χ4n) is 2.23. The highest BCUT2D eigenvalue weighted by Gasteiger charge is 2.04. The summed E-state index contributed by atoms with van der Waals surface area (Å²) in [7, 11) is 0. The van der Waals surface area contributed by atoms with Gasteiger partial charge in [-0.3, -0.25) is 9.59 Å². The van der Waals surface area contributed by atoms with E-state index >= 15 is 0 Å². The molecule has 3 aromatic rings. The lowest BCUT2D eigenvalue weighted by Gasteiger charge is -2.08. The molecule has 0 fully saturated rings. The van der Waals surface area contributed by atoms with Crippen molar-refractivity contribution in [3.63, 3.8) is 0 Å². The third kappa shape index (κ3) is 5.91. The molecule has 2 aromatic carbocycles. The molecular weight excluding hydrogens is 426 g/mol. The molecule has 1 aromatic heterocycles. The highest BCUT2D eigenvalue weighted by atomic mass is 79.9. The van der Waals surface area contributed by atoms with Crippen LogP contribution in [0.2, 0.25) is 0 Å². The van der Waals surface area contributed by atoms with Gasteiger partial charge in [0, 0.05) is 10.2 Å². The van der Waals surface area contributed by atoms with Gasteiger partial charge >= 0.3 is 0 Å². The fourth-order valence-corrected chi connectivity index (χ4v) is 3.14. The Morgan fingerprint density at radius 2 is 1.78 bits per heavy atom. The standard InChI is InChI=1S/C21H16BrNO3S/c22-16-6-10-18(11-7-16)26-14-21(25)23-17-8-3-15(4-9-17)5-12-19(24)20-2-1-13-27-20/h1-13H,14H2,(H,23,25). The first kappa shape index (κ1) is 19.1. The van der Waals surface area contributed by atoms with Crippen molar-refractivity contribution in [2.45, 2.75) is 0 Å². The van der Waals surface area contributed by atoms with E-state index in [1.807, 2.05) is 35.7 Å². The van der Waals surface area contributed by atoms with Crippen LogP contribution in [-0.2, 0) is 4.79 Å². The molecular formula is C21H16BrNO3S. The zero-order valence-electron chi connectivity index (χ0n) is 14.2. The van der Waals surface area contributed by atoms with Crippen LogP contribution in [0.3, 0.4) is 0 Å². The Hall–Kier alpha value is -2.70. The SMILES string of the molecule is O=C(COc1ccc(Br)cc1)Nc1ccc(C=CC(=O)c2cccs2)cc1. The minimum atomic E-state index is -0.242. The molecule has 0 unspecified atom stereocenters. The van der Waals surface area contributed by atoms with Gasteiger partial charge < -0.3 is 10.1 Å². The van der Waals surface area contributed by atoms with Gasteiger partial charge in [-0.15, -0.1) is 11.3 Å². The molecule has 0 saturated heterocycles. The quantitative estimate of drug-likeness (QED) is 0.393. The van der Waals surface area contributed by atoms with Gasteiger partial charge in [0.1, 0.15) is 5.75 Å². The van der Waals surface area contributed by atoms with E-state index in [0.29, 0.717) is 16.3 Å². The average molecular weight is 442 g/mol. The van der Waals surface area contributed by atoms with Gasteiger partial charge in [-0.05, 0) is 59.5 Å². The third-order valence-corrected chi connectivity index (χ3v) is 4.98. The highest BCUT2D eigenvalue weighted by molar-refractivity contribution is 9.10. The summed E-state index contributed by atoms with van der Waals surface area (Å²) >= 11 is 4.76. The van der Waals surface area contributed by atoms with E-state index in [4.69, 9.17) is 4.74 Å². The number of ether oxygens (including phenoxy) is 1. The lowest BCUT2D eigenvalue weighted by atomic mass is 10.1. The zero-order valence-corrected chi connectivity index (χ0v) is 16.6. The molecule has 0 bridgehead atoms. The summed E-state index contributed by atoms with van der Waals surface area (Å²) in [6.45, 7) is -0.0708. The minimum absolute atomic E-state index is 0.0209. The molecule has 1 amide bonds. The predicted octanol–water partition coefficient (Wildman–Crippen LogP) is 5.42. The van der Waals surface area contributed by atoms with Crippen LogP contribution in [0.15, 0.2) is 76.6 Å². The van der Waals surface area contributed by atoms with Crippen molar-refractivity contribution in [2.24, 2.45) is 0 Å². The molecule has 0 spiro atoms. The normalized spacial score (nSPS) is 10.7. The van der Waals surface area contributed by atoms with E-state index in [-0.39, 0.29) is 18.3 Å². The summed E-state index contributed by atoms with van der Waals surface area (Å²) in [5.41, 5.74) is 1.55. The smallest absolute Gasteiger partial charge is 0.262 e. The second-order valence-corrected chi connectivity index (χ2v) is 7.45. The Bertz CT molecular complexity index is 933. The maximum Gasteiger partial charge on any atom is 0.262 e. The lowest BCUT2D eigenvalue weighted by molar-refractivity contribution is -0.118. The topological polar surface area (TPSA) is 55.4 Å². The maximum atomic E-state index is 12.0. The van der Waals surface area contributed by atoms with Gasteiger partial charge in [-0.25, -0.2) is 0 Å². The molecule has 1 N–H and O–H groups in total. The largest absolute Gasteiger partial charge is 0.484 e. The van der Waals surface area contributed by atoms with Crippen LogP contribution >= 0.6 is 27.3 Å². The molecule has 3 rings (SSSR count). The van der Waals surface area contributed by atoms with Crippen LogP contribution in [0.5, 0.6) is 5.75 Å². The summed E-state index contributed by atoms with van der Waals surface area (Å²) in [6.07, 6.45) is 3.30. The van der Waals surface area contributed by atoms with Crippen LogP contribution in [-0.4, -0.2) is 18.3 Å². The second kappa shape index (κ2) is 9.30.